The van der Waals surface area contributed by atoms with E-state index in [0.29, 0.717) is 11.1 Å². The third-order valence-corrected chi connectivity index (χ3v) is 8.39. The number of aliphatic imine (C=N–C) groups is 2. The predicted octanol–water partition coefficient (Wildman–Crippen LogP) is 7.85. The van der Waals surface area contributed by atoms with Crippen LogP contribution in [0.25, 0.3) is 32.7 Å². The Labute approximate surface area is 248 Å². The smallest absolute Gasteiger partial charge is 0.202 e. The molecule has 6 heteroatoms. The van der Waals surface area contributed by atoms with Crippen LogP contribution in [0.1, 0.15) is 33.4 Å². The van der Waals surface area contributed by atoms with Gasteiger partial charge in [0.25, 0.3) is 0 Å². The molecule has 0 fully saturated rings. The van der Waals surface area contributed by atoms with E-state index in [1.165, 1.54) is 12.1 Å². The van der Waals surface area contributed by atoms with E-state index in [2.05, 4.69) is 26.0 Å². The number of hydrogen-bond acceptors (Lipinski definition) is 6. The monoisotopic (exact) mass is 564 g/mol. The molecule has 6 nitrogen and oxygen atoms in total. The first kappa shape index (κ1) is 26.3. The van der Waals surface area contributed by atoms with Gasteiger partial charge in [0.05, 0.1) is 0 Å². The van der Waals surface area contributed by atoms with E-state index < -0.39 is 5.66 Å². The Morgan fingerprint density at radius 1 is 0.535 bits per heavy atom. The van der Waals surface area contributed by atoms with Crippen LogP contribution in [0.4, 0.5) is 0 Å². The second-order valence-corrected chi connectivity index (χ2v) is 10.9. The van der Waals surface area contributed by atoms with Crippen molar-refractivity contribution in [3.05, 3.63) is 130 Å². The average Bonchev–Trinajstić information content (AvgIpc) is 3.29. The molecule has 1 aliphatic rings. The van der Waals surface area contributed by atoms with Gasteiger partial charge in [-0.1, -0.05) is 84.9 Å². The normalized spacial score (nSPS) is 13.7. The van der Waals surface area contributed by atoms with Crippen molar-refractivity contribution >= 4 is 34.0 Å². The van der Waals surface area contributed by atoms with Crippen LogP contribution in [0.2, 0.25) is 0 Å². The van der Waals surface area contributed by atoms with Crippen LogP contribution < -0.4 is 0 Å². The quantitative estimate of drug-likeness (QED) is 0.129. The first-order chi connectivity index (χ1) is 20.8. The number of phenolic OH excluding ortho intramolecular Hbond substituents is 4. The van der Waals surface area contributed by atoms with Crippen LogP contribution in [-0.4, -0.2) is 32.9 Å². The summed E-state index contributed by atoms with van der Waals surface area (Å²) in [7, 11) is 0. The molecule has 43 heavy (non-hydrogen) atoms. The molecule has 210 valence electrons. The lowest BCUT2D eigenvalue weighted by Crippen LogP contribution is -2.21. The minimum Gasteiger partial charge on any atom is -0.504 e. The van der Waals surface area contributed by atoms with Crippen LogP contribution >= 0.6 is 0 Å². The Kier molecular flexibility index (Phi) is 5.95. The van der Waals surface area contributed by atoms with E-state index in [1.54, 1.807) is 12.4 Å². The lowest BCUT2D eigenvalue weighted by Gasteiger charge is -2.24. The van der Waals surface area contributed by atoms with Crippen LogP contribution in [0.3, 0.4) is 0 Å². The minimum atomic E-state index is -1.30. The van der Waals surface area contributed by atoms with Gasteiger partial charge in [-0.05, 0) is 69.8 Å². The number of fused-ring (bicyclic) bond motifs is 5. The van der Waals surface area contributed by atoms with Gasteiger partial charge in [-0.3, -0.25) is 9.98 Å². The zero-order chi connectivity index (χ0) is 29.9. The fourth-order valence-corrected chi connectivity index (χ4v) is 6.31. The Morgan fingerprint density at radius 3 is 1.40 bits per heavy atom. The molecule has 0 aromatic heterocycles. The lowest BCUT2D eigenvalue weighted by atomic mass is 9.96. The summed E-state index contributed by atoms with van der Waals surface area (Å²) in [5, 5.41) is 46.1. The number of rotatable bonds is 4. The SMILES string of the molecule is Cc1cccc2c1-c1c(C)cccc1C2(N=Cc1c(O)c(O)cc2ccccc12)N=Cc1c(O)c(O)cc2ccccc12. The Balaban J connectivity index is 1.55. The van der Waals surface area contributed by atoms with Crippen molar-refractivity contribution in [2.45, 2.75) is 19.5 Å². The maximum absolute atomic E-state index is 11.0. The molecule has 0 aliphatic heterocycles. The van der Waals surface area contributed by atoms with E-state index >= 15 is 0 Å². The first-order valence-electron chi connectivity index (χ1n) is 14.0. The molecule has 0 radical (unpaired) electrons. The third kappa shape index (κ3) is 3.95. The Hall–Kier alpha value is -5.62. The molecular formula is C37H28N2O4. The lowest BCUT2D eigenvalue weighted by molar-refractivity contribution is 0.404. The fourth-order valence-electron chi connectivity index (χ4n) is 6.31. The number of nitrogens with zero attached hydrogens (tertiary/aromatic N) is 2. The van der Waals surface area contributed by atoms with Gasteiger partial charge in [0.2, 0.25) is 5.66 Å². The molecule has 1 aliphatic carbocycles. The summed E-state index contributed by atoms with van der Waals surface area (Å²) in [6.07, 6.45) is 3.14. The summed E-state index contributed by atoms with van der Waals surface area (Å²) in [4.78, 5) is 10.3. The van der Waals surface area contributed by atoms with E-state index in [0.717, 1.165) is 54.9 Å². The van der Waals surface area contributed by atoms with Crippen molar-refractivity contribution in [2.75, 3.05) is 0 Å². The van der Waals surface area contributed by atoms with Crippen LogP contribution in [-0.2, 0) is 5.66 Å². The molecule has 4 N–H and O–H groups in total. The van der Waals surface area contributed by atoms with Crippen LogP contribution in [0.5, 0.6) is 23.0 Å². The summed E-state index contributed by atoms with van der Waals surface area (Å²) >= 11 is 0. The molecule has 0 bridgehead atoms. The Bertz CT molecular complexity index is 2010. The van der Waals surface area contributed by atoms with Crippen molar-refractivity contribution < 1.29 is 20.4 Å². The van der Waals surface area contributed by atoms with Gasteiger partial charge in [-0.15, -0.1) is 0 Å². The van der Waals surface area contributed by atoms with Gasteiger partial charge in [-0.25, -0.2) is 0 Å². The van der Waals surface area contributed by atoms with Gasteiger partial charge >= 0.3 is 0 Å². The highest BCUT2D eigenvalue weighted by atomic mass is 16.3. The number of benzene rings is 6. The molecular weight excluding hydrogens is 536 g/mol. The topological polar surface area (TPSA) is 106 Å². The zero-order valence-electron chi connectivity index (χ0n) is 23.6. The van der Waals surface area contributed by atoms with Gasteiger partial charge in [0, 0.05) is 34.7 Å². The van der Waals surface area contributed by atoms with Crippen molar-refractivity contribution in [1.29, 1.82) is 0 Å². The molecule has 0 saturated carbocycles. The highest BCUT2D eigenvalue weighted by molar-refractivity contribution is 6.06. The molecule has 6 aromatic rings. The fraction of sp³-hybridized carbons (Fsp3) is 0.0811. The molecule has 0 unspecified atom stereocenters. The largest absolute Gasteiger partial charge is 0.504 e. The first-order valence-corrected chi connectivity index (χ1v) is 14.0. The maximum atomic E-state index is 11.0. The summed E-state index contributed by atoms with van der Waals surface area (Å²) in [5.74, 6) is -1.03. The van der Waals surface area contributed by atoms with E-state index in [9.17, 15) is 20.4 Å². The van der Waals surface area contributed by atoms with Crippen molar-refractivity contribution in [3.8, 4) is 34.1 Å². The summed E-state index contributed by atoms with van der Waals surface area (Å²) in [6.45, 7) is 4.11. The van der Waals surface area contributed by atoms with Crippen molar-refractivity contribution in [2.24, 2.45) is 9.98 Å². The molecule has 0 atom stereocenters. The molecule has 6 aromatic carbocycles. The predicted molar refractivity (Wildman–Crippen MR) is 172 cm³/mol. The molecule has 0 saturated heterocycles. The average molecular weight is 565 g/mol. The summed E-state index contributed by atoms with van der Waals surface area (Å²) in [6, 6.07) is 30.0. The van der Waals surface area contributed by atoms with E-state index in [4.69, 9.17) is 9.98 Å². The molecule has 0 amide bonds. The summed E-state index contributed by atoms with van der Waals surface area (Å²) < 4.78 is 0. The molecule has 0 spiro atoms. The molecule has 7 rings (SSSR count). The Morgan fingerprint density at radius 2 is 0.953 bits per heavy atom. The van der Waals surface area contributed by atoms with Crippen LogP contribution in [0.15, 0.2) is 107 Å². The van der Waals surface area contributed by atoms with Crippen molar-refractivity contribution in [1.82, 2.24) is 0 Å². The van der Waals surface area contributed by atoms with Gasteiger partial charge in [0.15, 0.2) is 23.0 Å². The zero-order valence-corrected chi connectivity index (χ0v) is 23.6. The minimum absolute atomic E-state index is 0.243. The second kappa shape index (κ2) is 9.74. The number of phenols is 4. The van der Waals surface area contributed by atoms with Crippen molar-refractivity contribution in [3.63, 3.8) is 0 Å². The second-order valence-electron chi connectivity index (χ2n) is 10.9. The maximum Gasteiger partial charge on any atom is 0.202 e. The standard InChI is InChI=1S/C37H28N2O4/c1-21-9-7-15-29-33(21)34-22(2)10-8-16-30(34)37(29,38-19-27-25-13-5-3-11-23(25)17-31(40)35(27)42)39-20-28-26-14-6-4-12-24(26)18-32(41)36(28)43/h3-20,40-43H,1-2H3. The van der Waals surface area contributed by atoms with E-state index in [1.807, 2.05) is 72.8 Å². The highest BCUT2D eigenvalue weighted by Gasteiger charge is 2.44. The van der Waals surface area contributed by atoms with Crippen LogP contribution in [0, 0.1) is 13.8 Å². The van der Waals surface area contributed by atoms with Gasteiger partial charge in [0.1, 0.15) is 0 Å². The summed E-state index contributed by atoms with van der Waals surface area (Å²) in [5.41, 5.74) is 5.31. The molecule has 0 heterocycles. The number of aromatic hydroxyl groups is 4. The number of aryl methyl sites for hydroxylation is 2. The number of hydrogen-bond donors (Lipinski definition) is 4. The van der Waals surface area contributed by atoms with Gasteiger partial charge < -0.3 is 20.4 Å². The van der Waals surface area contributed by atoms with E-state index in [-0.39, 0.29) is 23.0 Å². The third-order valence-electron chi connectivity index (χ3n) is 8.39. The van der Waals surface area contributed by atoms with Gasteiger partial charge in [-0.2, -0.15) is 0 Å². The highest BCUT2D eigenvalue weighted by Crippen LogP contribution is 2.53.